The van der Waals surface area contributed by atoms with Crippen molar-refractivity contribution in [2.45, 2.75) is 39.7 Å². The van der Waals surface area contributed by atoms with Crippen molar-refractivity contribution >= 4 is 5.91 Å². The lowest BCUT2D eigenvalue weighted by atomic mass is 9.99. The van der Waals surface area contributed by atoms with Gasteiger partial charge in [-0.1, -0.05) is 20.8 Å². The molecular formula is C15H31N3O2. The third-order valence-corrected chi connectivity index (χ3v) is 4.14. The molecule has 1 atom stereocenters. The van der Waals surface area contributed by atoms with Crippen LogP contribution >= 0.6 is 0 Å². The molecule has 0 radical (unpaired) electrons. The van der Waals surface area contributed by atoms with Crippen LogP contribution in [0.5, 0.6) is 0 Å². The number of aliphatic hydroxyl groups is 1. The van der Waals surface area contributed by atoms with Gasteiger partial charge in [0.15, 0.2) is 0 Å². The summed E-state index contributed by atoms with van der Waals surface area (Å²) in [5.41, 5.74) is 0. The molecule has 0 unspecified atom stereocenters. The maximum absolute atomic E-state index is 11.7. The average molecular weight is 285 g/mol. The van der Waals surface area contributed by atoms with E-state index >= 15 is 0 Å². The third-order valence-electron chi connectivity index (χ3n) is 4.14. The van der Waals surface area contributed by atoms with Crippen LogP contribution in [0, 0.1) is 5.92 Å². The number of likely N-dealkylation sites (tertiary alicyclic amines) is 1. The second-order valence-corrected chi connectivity index (χ2v) is 5.90. The van der Waals surface area contributed by atoms with Gasteiger partial charge < -0.3 is 15.3 Å². The molecule has 0 bridgehead atoms. The second-order valence-electron chi connectivity index (χ2n) is 5.90. The normalized spacial score (nSPS) is 19.2. The Bertz CT molecular complexity index is 274. The van der Waals surface area contributed by atoms with Crippen molar-refractivity contribution in [3.63, 3.8) is 0 Å². The SMILES string of the molecule is CCN(CC)CC(=O)NC[C@H](O)CN1CCC(C)CC1. The van der Waals surface area contributed by atoms with Gasteiger partial charge in [-0.2, -0.15) is 0 Å². The molecule has 20 heavy (non-hydrogen) atoms. The predicted octanol–water partition coefficient (Wildman–Crippen LogP) is 0.537. The molecule has 1 saturated heterocycles. The van der Waals surface area contributed by atoms with Crippen LogP contribution in [0.3, 0.4) is 0 Å². The van der Waals surface area contributed by atoms with E-state index in [-0.39, 0.29) is 5.91 Å². The Morgan fingerprint density at radius 2 is 1.95 bits per heavy atom. The standard InChI is InChI=1S/C15H31N3O2/c1-4-17(5-2)12-15(20)16-10-14(19)11-18-8-6-13(3)7-9-18/h13-14,19H,4-12H2,1-3H3,(H,16,20)/t14-/m0/s1. The highest BCUT2D eigenvalue weighted by molar-refractivity contribution is 5.78. The van der Waals surface area contributed by atoms with Crippen LogP contribution in [0.1, 0.15) is 33.6 Å². The molecule has 5 nitrogen and oxygen atoms in total. The topological polar surface area (TPSA) is 55.8 Å². The van der Waals surface area contributed by atoms with Crippen LogP contribution < -0.4 is 5.32 Å². The van der Waals surface area contributed by atoms with Gasteiger partial charge in [0, 0.05) is 13.1 Å². The van der Waals surface area contributed by atoms with Gasteiger partial charge in [0.1, 0.15) is 0 Å². The number of aliphatic hydroxyl groups excluding tert-OH is 1. The van der Waals surface area contributed by atoms with Gasteiger partial charge in [-0.15, -0.1) is 0 Å². The van der Waals surface area contributed by atoms with Crippen LogP contribution in [0.4, 0.5) is 0 Å². The molecule has 1 heterocycles. The van der Waals surface area contributed by atoms with Crippen molar-refractivity contribution in [1.29, 1.82) is 0 Å². The van der Waals surface area contributed by atoms with Gasteiger partial charge in [-0.25, -0.2) is 0 Å². The number of rotatable bonds is 8. The second kappa shape index (κ2) is 9.32. The number of nitrogens with one attached hydrogen (secondary N) is 1. The molecule has 0 spiro atoms. The Morgan fingerprint density at radius 3 is 2.50 bits per heavy atom. The third kappa shape index (κ3) is 6.68. The van der Waals surface area contributed by atoms with E-state index in [0.717, 1.165) is 32.1 Å². The number of carbonyl (C=O) groups is 1. The largest absolute Gasteiger partial charge is 0.390 e. The Kier molecular flexibility index (Phi) is 8.11. The average Bonchev–Trinajstić information content (AvgIpc) is 2.45. The van der Waals surface area contributed by atoms with E-state index in [4.69, 9.17) is 0 Å². The highest BCUT2D eigenvalue weighted by atomic mass is 16.3. The molecule has 1 amide bonds. The van der Waals surface area contributed by atoms with E-state index in [1.54, 1.807) is 0 Å². The quantitative estimate of drug-likeness (QED) is 0.683. The zero-order chi connectivity index (χ0) is 15.0. The summed E-state index contributed by atoms with van der Waals surface area (Å²) in [6.07, 6.45) is 1.95. The van der Waals surface area contributed by atoms with Crippen LogP contribution in [-0.2, 0) is 4.79 Å². The minimum Gasteiger partial charge on any atom is -0.390 e. The van der Waals surface area contributed by atoms with Gasteiger partial charge in [0.2, 0.25) is 5.91 Å². The Labute approximate surface area is 123 Å². The summed E-state index contributed by atoms with van der Waals surface area (Å²) < 4.78 is 0. The molecule has 1 aliphatic rings. The van der Waals surface area contributed by atoms with Gasteiger partial charge >= 0.3 is 0 Å². The van der Waals surface area contributed by atoms with Crippen LogP contribution in [0.2, 0.25) is 0 Å². The van der Waals surface area contributed by atoms with Crippen LogP contribution in [0.25, 0.3) is 0 Å². The zero-order valence-corrected chi connectivity index (χ0v) is 13.3. The molecule has 5 heteroatoms. The highest BCUT2D eigenvalue weighted by Gasteiger charge is 2.18. The fraction of sp³-hybridized carbons (Fsp3) is 0.933. The van der Waals surface area contributed by atoms with Crippen LogP contribution in [-0.4, -0.2) is 72.7 Å². The minimum atomic E-state index is -0.468. The van der Waals surface area contributed by atoms with Gasteiger partial charge in [0.25, 0.3) is 0 Å². The van der Waals surface area contributed by atoms with E-state index < -0.39 is 6.10 Å². The van der Waals surface area contributed by atoms with Crippen molar-refractivity contribution in [2.24, 2.45) is 5.92 Å². The monoisotopic (exact) mass is 285 g/mol. The number of amides is 1. The van der Waals surface area contributed by atoms with Crippen molar-refractivity contribution < 1.29 is 9.90 Å². The summed E-state index contributed by atoms with van der Waals surface area (Å²) in [4.78, 5) is 16.1. The van der Waals surface area contributed by atoms with Gasteiger partial charge in [-0.05, 0) is 44.9 Å². The van der Waals surface area contributed by atoms with Crippen molar-refractivity contribution in [1.82, 2.24) is 15.1 Å². The number of likely N-dealkylation sites (N-methyl/N-ethyl adjacent to an activating group) is 1. The summed E-state index contributed by atoms with van der Waals surface area (Å²) in [6.45, 7) is 11.7. The first-order valence-corrected chi connectivity index (χ1v) is 7.94. The number of hydrogen-bond donors (Lipinski definition) is 2. The smallest absolute Gasteiger partial charge is 0.234 e. The van der Waals surface area contributed by atoms with E-state index in [1.165, 1.54) is 12.8 Å². The zero-order valence-electron chi connectivity index (χ0n) is 13.3. The van der Waals surface area contributed by atoms with Crippen molar-refractivity contribution in [2.75, 3.05) is 45.8 Å². The molecular weight excluding hydrogens is 254 g/mol. The fourth-order valence-electron chi connectivity index (χ4n) is 2.55. The molecule has 0 aliphatic carbocycles. The van der Waals surface area contributed by atoms with Crippen LogP contribution in [0.15, 0.2) is 0 Å². The number of piperidine rings is 1. The van der Waals surface area contributed by atoms with E-state index in [2.05, 4.69) is 22.0 Å². The summed E-state index contributed by atoms with van der Waals surface area (Å²) in [7, 11) is 0. The first kappa shape index (κ1) is 17.4. The number of nitrogens with zero attached hydrogens (tertiary/aromatic N) is 2. The van der Waals surface area contributed by atoms with E-state index in [0.29, 0.717) is 19.6 Å². The molecule has 0 aromatic rings. The molecule has 0 aromatic heterocycles. The first-order valence-electron chi connectivity index (χ1n) is 7.94. The first-order chi connectivity index (χ1) is 9.55. The summed E-state index contributed by atoms with van der Waals surface area (Å²) in [5, 5.41) is 12.8. The molecule has 1 rings (SSSR count). The lowest BCUT2D eigenvalue weighted by Crippen LogP contribution is -2.45. The van der Waals surface area contributed by atoms with Crippen molar-refractivity contribution in [3.8, 4) is 0 Å². The maximum Gasteiger partial charge on any atom is 0.234 e. The minimum absolute atomic E-state index is 0.0000152. The van der Waals surface area contributed by atoms with E-state index in [1.807, 2.05) is 13.8 Å². The molecule has 1 aliphatic heterocycles. The number of β-amino-alcohol motifs (C(OH)–C–C–N with tert-alkyl or cyclic N) is 1. The molecule has 2 N–H and O–H groups in total. The Balaban J connectivity index is 2.16. The lowest BCUT2D eigenvalue weighted by molar-refractivity contribution is -0.122. The maximum atomic E-state index is 11.7. The summed E-state index contributed by atoms with van der Waals surface area (Å²) in [6, 6.07) is 0. The summed E-state index contributed by atoms with van der Waals surface area (Å²) in [5.74, 6) is 0.803. The highest BCUT2D eigenvalue weighted by Crippen LogP contribution is 2.15. The van der Waals surface area contributed by atoms with Gasteiger partial charge in [0.05, 0.1) is 12.6 Å². The molecule has 1 fully saturated rings. The lowest BCUT2D eigenvalue weighted by Gasteiger charge is -2.31. The molecule has 118 valence electrons. The predicted molar refractivity (Wildman–Crippen MR) is 81.6 cm³/mol. The Hall–Kier alpha value is -0.650. The Morgan fingerprint density at radius 1 is 1.35 bits per heavy atom. The molecule has 0 saturated carbocycles. The number of hydrogen-bond acceptors (Lipinski definition) is 4. The van der Waals surface area contributed by atoms with E-state index in [9.17, 15) is 9.90 Å². The summed E-state index contributed by atoms with van der Waals surface area (Å²) >= 11 is 0. The number of carbonyl (C=O) groups excluding carboxylic acids is 1. The van der Waals surface area contributed by atoms with Crippen molar-refractivity contribution in [3.05, 3.63) is 0 Å². The molecule has 0 aromatic carbocycles. The van der Waals surface area contributed by atoms with Gasteiger partial charge in [-0.3, -0.25) is 9.69 Å². The fourth-order valence-corrected chi connectivity index (χ4v) is 2.55.